The molecule has 3 heteroatoms. The van der Waals surface area contributed by atoms with E-state index >= 15 is 0 Å². The van der Waals surface area contributed by atoms with Crippen LogP contribution in [0.15, 0.2) is 33.6 Å². The smallest absolute Gasteiger partial charge is 0.0311 e. The summed E-state index contributed by atoms with van der Waals surface area (Å²) in [6.07, 6.45) is 7.11. The highest BCUT2D eigenvalue weighted by Crippen LogP contribution is 2.31. The van der Waals surface area contributed by atoms with Crippen LogP contribution in [0.3, 0.4) is 0 Å². The summed E-state index contributed by atoms with van der Waals surface area (Å²) in [4.78, 5) is 1.35. The maximum Gasteiger partial charge on any atom is 0.0311 e. The highest BCUT2D eigenvalue weighted by Gasteiger charge is 2.19. The molecule has 0 spiro atoms. The molecule has 0 saturated heterocycles. The van der Waals surface area contributed by atoms with Crippen molar-refractivity contribution in [2.45, 2.75) is 43.0 Å². The molecule has 18 heavy (non-hydrogen) atoms. The Bertz CT molecular complexity index is 363. The number of hydrogen-bond acceptors (Lipinski definition) is 2. The van der Waals surface area contributed by atoms with Crippen LogP contribution in [0, 0.1) is 5.92 Å². The van der Waals surface area contributed by atoms with Crippen LogP contribution in [-0.4, -0.2) is 18.8 Å². The summed E-state index contributed by atoms with van der Waals surface area (Å²) in [5, 5.41) is 3.48. The summed E-state index contributed by atoms with van der Waals surface area (Å²) in [7, 11) is 2.10. The van der Waals surface area contributed by atoms with Crippen LogP contribution in [0.5, 0.6) is 0 Å². The first kappa shape index (κ1) is 14.4. The Morgan fingerprint density at radius 2 is 2.06 bits per heavy atom. The summed E-state index contributed by atoms with van der Waals surface area (Å²) in [5.41, 5.74) is 0. The van der Waals surface area contributed by atoms with Gasteiger partial charge in [0.1, 0.15) is 0 Å². The quantitative estimate of drug-likeness (QED) is 0.759. The molecule has 0 bridgehead atoms. The molecule has 1 unspecified atom stereocenters. The van der Waals surface area contributed by atoms with E-state index in [0.29, 0.717) is 6.04 Å². The zero-order valence-electron chi connectivity index (χ0n) is 11.0. The predicted octanol–water partition coefficient (Wildman–Crippen LogP) is 4.71. The third kappa shape index (κ3) is 4.29. The van der Waals surface area contributed by atoms with E-state index in [1.165, 1.54) is 41.5 Å². The monoisotopic (exact) mass is 327 g/mol. The van der Waals surface area contributed by atoms with E-state index in [0.717, 1.165) is 11.7 Å². The van der Waals surface area contributed by atoms with Crippen molar-refractivity contribution in [1.82, 2.24) is 5.32 Å². The molecule has 1 nitrogen and oxygen atoms in total. The highest BCUT2D eigenvalue weighted by atomic mass is 79.9. The lowest BCUT2D eigenvalue weighted by Gasteiger charge is -2.19. The average Bonchev–Trinajstić information content (AvgIpc) is 2.89. The van der Waals surface area contributed by atoms with Crippen LogP contribution >= 0.6 is 27.7 Å². The van der Waals surface area contributed by atoms with Crippen molar-refractivity contribution in [2.24, 2.45) is 5.92 Å². The summed E-state index contributed by atoms with van der Waals surface area (Å²) in [6, 6.07) is 9.14. The van der Waals surface area contributed by atoms with Gasteiger partial charge in [-0.25, -0.2) is 0 Å². The van der Waals surface area contributed by atoms with Crippen molar-refractivity contribution in [1.29, 1.82) is 0 Å². The van der Waals surface area contributed by atoms with Gasteiger partial charge in [-0.1, -0.05) is 37.8 Å². The zero-order valence-corrected chi connectivity index (χ0v) is 13.4. The van der Waals surface area contributed by atoms with Gasteiger partial charge in [-0.3, -0.25) is 0 Å². The minimum absolute atomic E-state index is 0.644. The number of halogens is 1. The Hall–Kier alpha value is 0.01000. The van der Waals surface area contributed by atoms with Crippen LogP contribution in [-0.2, 0) is 0 Å². The van der Waals surface area contributed by atoms with Crippen LogP contribution in [0.2, 0.25) is 0 Å². The van der Waals surface area contributed by atoms with Crippen LogP contribution in [0.4, 0.5) is 0 Å². The predicted molar refractivity (Wildman–Crippen MR) is 84.3 cm³/mol. The van der Waals surface area contributed by atoms with Crippen molar-refractivity contribution >= 4 is 27.7 Å². The maximum absolute atomic E-state index is 3.62. The lowest BCUT2D eigenvalue weighted by atomic mass is 9.99. The lowest BCUT2D eigenvalue weighted by Crippen LogP contribution is -2.29. The fourth-order valence-corrected chi connectivity index (χ4v) is 4.36. The number of thioether (sulfide) groups is 1. The SMILES string of the molecule is CNC(CSc1ccccc1Br)CC1CCCC1. The largest absolute Gasteiger partial charge is 0.316 e. The second-order valence-electron chi connectivity index (χ2n) is 5.11. The summed E-state index contributed by atoms with van der Waals surface area (Å²) >= 11 is 5.57. The van der Waals surface area contributed by atoms with Gasteiger partial charge in [0.25, 0.3) is 0 Å². The Kier molecular flexibility index (Phi) is 6.06. The topological polar surface area (TPSA) is 12.0 Å². The zero-order chi connectivity index (χ0) is 12.8. The molecule has 0 amide bonds. The Balaban J connectivity index is 1.81. The van der Waals surface area contributed by atoms with E-state index in [1.54, 1.807) is 0 Å². The first-order valence-electron chi connectivity index (χ1n) is 6.84. The Morgan fingerprint density at radius 1 is 1.33 bits per heavy atom. The number of hydrogen-bond donors (Lipinski definition) is 1. The minimum atomic E-state index is 0.644. The van der Waals surface area contributed by atoms with Crippen LogP contribution < -0.4 is 5.32 Å². The van der Waals surface area contributed by atoms with Crippen molar-refractivity contribution in [3.63, 3.8) is 0 Å². The molecule has 2 rings (SSSR count). The molecule has 1 aromatic carbocycles. The molecular formula is C15H22BrNS. The molecular weight excluding hydrogens is 306 g/mol. The summed E-state index contributed by atoms with van der Waals surface area (Å²) < 4.78 is 1.21. The van der Waals surface area contributed by atoms with Crippen molar-refractivity contribution in [2.75, 3.05) is 12.8 Å². The van der Waals surface area contributed by atoms with Gasteiger partial charge < -0.3 is 5.32 Å². The lowest BCUT2D eigenvalue weighted by molar-refractivity contribution is 0.427. The summed E-state index contributed by atoms with van der Waals surface area (Å²) in [5.74, 6) is 2.12. The molecule has 0 heterocycles. The summed E-state index contributed by atoms with van der Waals surface area (Å²) in [6.45, 7) is 0. The van der Waals surface area contributed by atoms with Crippen LogP contribution in [0.25, 0.3) is 0 Å². The van der Waals surface area contributed by atoms with Crippen molar-refractivity contribution < 1.29 is 0 Å². The molecule has 1 aliphatic carbocycles. The molecule has 0 radical (unpaired) electrons. The second-order valence-corrected chi connectivity index (χ2v) is 7.03. The average molecular weight is 328 g/mol. The van der Waals surface area contributed by atoms with Gasteiger partial charge in [0.15, 0.2) is 0 Å². The molecule has 1 aliphatic rings. The van der Waals surface area contributed by atoms with Gasteiger partial charge >= 0.3 is 0 Å². The molecule has 100 valence electrons. The van der Waals surface area contributed by atoms with Gasteiger partial charge in [0.05, 0.1) is 0 Å². The third-order valence-electron chi connectivity index (χ3n) is 3.78. The van der Waals surface area contributed by atoms with Gasteiger partial charge in [-0.05, 0) is 47.4 Å². The van der Waals surface area contributed by atoms with E-state index in [2.05, 4.69) is 52.6 Å². The minimum Gasteiger partial charge on any atom is -0.316 e. The van der Waals surface area contributed by atoms with E-state index in [9.17, 15) is 0 Å². The molecule has 1 saturated carbocycles. The molecule has 1 aromatic rings. The van der Waals surface area contributed by atoms with E-state index in [-0.39, 0.29) is 0 Å². The van der Waals surface area contributed by atoms with Gasteiger partial charge in [-0.15, -0.1) is 11.8 Å². The van der Waals surface area contributed by atoms with Gasteiger partial charge in [-0.2, -0.15) is 0 Å². The van der Waals surface area contributed by atoms with E-state index < -0.39 is 0 Å². The molecule has 0 aliphatic heterocycles. The first-order valence-corrected chi connectivity index (χ1v) is 8.62. The van der Waals surface area contributed by atoms with E-state index in [4.69, 9.17) is 0 Å². The number of benzene rings is 1. The third-order valence-corrected chi connectivity index (χ3v) is 5.97. The molecule has 1 N–H and O–H groups in total. The number of nitrogens with one attached hydrogen (secondary N) is 1. The van der Waals surface area contributed by atoms with Gasteiger partial charge in [0, 0.05) is 21.2 Å². The Labute approximate surface area is 123 Å². The highest BCUT2D eigenvalue weighted by molar-refractivity contribution is 9.10. The standard InChI is InChI=1S/C15H22BrNS/c1-17-13(10-12-6-2-3-7-12)11-18-15-9-5-4-8-14(15)16/h4-5,8-9,12-13,17H,2-3,6-7,10-11H2,1H3. The molecule has 1 atom stereocenters. The normalized spacial score (nSPS) is 18.1. The fourth-order valence-electron chi connectivity index (χ4n) is 2.67. The second kappa shape index (κ2) is 7.56. The Morgan fingerprint density at radius 3 is 2.72 bits per heavy atom. The van der Waals surface area contributed by atoms with Gasteiger partial charge in [0.2, 0.25) is 0 Å². The maximum atomic E-state index is 3.62. The number of rotatable bonds is 6. The van der Waals surface area contributed by atoms with E-state index in [1.807, 2.05) is 11.8 Å². The fraction of sp³-hybridized carbons (Fsp3) is 0.600. The molecule has 0 aromatic heterocycles. The van der Waals surface area contributed by atoms with Crippen LogP contribution in [0.1, 0.15) is 32.1 Å². The first-order chi connectivity index (χ1) is 8.79. The van der Waals surface area contributed by atoms with Crippen molar-refractivity contribution in [3.05, 3.63) is 28.7 Å². The molecule has 1 fully saturated rings. The van der Waals surface area contributed by atoms with Crippen molar-refractivity contribution in [3.8, 4) is 0 Å².